The van der Waals surface area contributed by atoms with Crippen LogP contribution in [0.2, 0.25) is 5.02 Å². The molecule has 1 aromatic carbocycles. The van der Waals surface area contributed by atoms with Crippen molar-refractivity contribution in [2.75, 3.05) is 49.0 Å². The number of amides is 3. The van der Waals surface area contributed by atoms with Crippen molar-refractivity contribution in [3.05, 3.63) is 34.7 Å². The quantitative estimate of drug-likeness (QED) is 0.582. The average Bonchev–Trinajstić information content (AvgIpc) is 3.55. The molecule has 37 heavy (non-hydrogen) atoms. The van der Waals surface area contributed by atoms with Crippen LogP contribution in [0.3, 0.4) is 0 Å². The first-order valence-corrected chi connectivity index (χ1v) is 13.1. The first-order valence-electron chi connectivity index (χ1n) is 12.7. The molecule has 0 bridgehead atoms. The van der Waals surface area contributed by atoms with Gasteiger partial charge in [0.25, 0.3) is 5.91 Å². The van der Waals surface area contributed by atoms with Crippen molar-refractivity contribution in [1.82, 2.24) is 25.2 Å². The van der Waals surface area contributed by atoms with Gasteiger partial charge in [-0.2, -0.15) is 4.98 Å². The SMILES string of the molecule is CCN1C(=O)N(C)c2cnc(Nc3cc(F)c(C(=O)N[C@@H]4CCN(C)C4)cc3Cl)nc2N1C1CCCC1. The number of carbonyl (C=O) groups excluding carboxylic acids is 2. The summed E-state index contributed by atoms with van der Waals surface area (Å²) in [6, 6.07) is 2.52. The van der Waals surface area contributed by atoms with E-state index < -0.39 is 11.7 Å². The molecule has 5 rings (SSSR count). The van der Waals surface area contributed by atoms with Crippen LogP contribution in [0.1, 0.15) is 49.4 Å². The molecule has 2 aromatic rings. The number of hydrazine groups is 1. The minimum Gasteiger partial charge on any atom is -0.348 e. The molecule has 3 heterocycles. The van der Waals surface area contributed by atoms with Crippen LogP contribution in [0.4, 0.5) is 32.3 Å². The highest BCUT2D eigenvalue weighted by Gasteiger charge is 2.39. The second-order valence-electron chi connectivity index (χ2n) is 9.90. The van der Waals surface area contributed by atoms with E-state index in [0.717, 1.165) is 45.2 Å². The molecule has 1 aromatic heterocycles. The van der Waals surface area contributed by atoms with Crippen molar-refractivity contribution in [3.8, 4) is 0 Å². The maximum Gasteiger partial charge on any atom is 0.343 e. The fourth-order valence-electron chi connectivity index (χ4n) is 5.37. The van der Waals surface area contributed by atoms with Gasteiger partial charge in [0.2, 0.25) is 5.95 Å². The van der Waals surface area contributed by atoms with Crippen molar-refractivity contribution >= 4 is 46.7 Å². The molecule has 198 valence electrons. The standard InChI is InChI=1S/C25H32ClFN8O2/c1-4-34-25(37)33(3)21-13-28-24(31-22(21)35(34)16-7-5-6-8-16)30-20-12-19(27)17(11-18(20)26)23(36)29-15-9-10-32(2)14-15/h11-13,15-16H,4-10,14H2,1-3H3,(H,29,36)(H,28,30,31)/t15-/m1/s1. The number of nitrogens with one attached hydrogen (secondary N) is 2. The van der Waals surface area contributed by atoms with Gasteiger partial charge >= 0.3 is 6.03 Å². The molecular weight excluding hydrogens is 499 g/mol. The summed E-state index contributed by atoms with van der Waals surface area (Å²) in [5, 5.41) is 9.73. The Labute approximate surface area is 220 Å². The lowest BCUT2D eigenvalue weighted by molar-refractivity contribution is 0.0934. The number of rotatable bonds is 6. The highest BCUT2D eigenvalue weighted by Crippen LogP contribution is 2.39. The van der Waals surface area contributed by atoms with Crippen molar-refractivity contribution in [2.24, 2.45) is 0 Å². The van der Waals surface area contributed by atoms with Crippen molar-refractivity contribution in [1.29, 1.82) is 0 Å². The van der Waals surface area contributed by atoms with Crippen LogP contribution in [-0.4, -0.2) is 77.6 Å². The summed E-state index contributed by atoms with van der Waals surface area (Å²) < 4.78 is 15.0. The summed E-state index contributed by atoms with van der Waals surface area (Å²) in [6.07, 6.45) is 6.54. The van der Waals surface area contributed by atoms with E-state index in [1.54, 1.807) is 18.3 Å². The number of likely N-dealkylation sites (tertiary alicyclic amines) is 1. The van der Waals surface area contributed by atoms with Gasteiger partial charge in [-0.1, -0.05) is 24.4 Å². The number of fused-ring (bicyclic) bond motifs is 1. The number of halogens is 2. The largest absolute Gasteiger partial charge is 0.348 e. The third-order valence-corrected chi connectivity index (χ3v) is 7.65. The van der Waals surface area contributed by atoms with Crippen molar-refractivity contribution < 1.29 is 14.0 Å². The lowest BCUT2D eigenvalue weighted by Gasteiger charge is -2.45. The van der Waals surface area contributed by atoms with Crippen molar-refractivity contribution in [3.63, 3.8) is 0 Å². The lowest BCUT2D eigenvalue weighted by Crippen LogP contribution is -2.59. The fraction of sp³-hybridized carbons (Fsp3) is 0.520. The van der Waals surface area contributed by atoms with Gasteiger partial charge in [0.15, 0.2) is 5.82 Å². The third-order valence-electron chi connectivity index (χ3n) is 7.34. The van der Waals surface area contributed by atoms with Gasteiger partial charge in [0.1, 0.15) is 11.5 Å². The van der Waals surface area contributed by atoms with Crippen LogP contribution in [0.5, 0.6) is 0 Å². The first kappa shape index (κ1) is 25.5. The molecule has 3 aliphatic rings. The first-order chi connectivity index (χ1) is 17.8. The summed E-state index contributed by atoms with van der Waals surface area (Å²) in [6.45, 7) is 4.05. The van der Waals surface area contributed by atoms with E-state index in [-0.39, 0.29) is 40.3 Å². The molecule has 1 aliphatic carbocycles. The van der Waals surface area contributed by atoms with Gasteiger partial charge in [-0.3, -0.25) is 14.7 Å². The van der Waals surface area contributed by atoms with Gasteiger partial charge in [-0.05, 0) is 51.9 Å². The van der Waals surface area contributed by atoms with Gasteiger partial charge < -0.3 is 15.5 Å². The van der Waals surface area contributed by atoms with Crippen LogP contribution in [0.25, 0.3) is 0 Å². The molecule has 2 fully saturated rings. The maximum absolute atomic E-state index is 15.0. The molecule has 1 saturated carbocycles. The van der Waals surface area contributed by atoms with E-state index in [1.165, 1.54) is 17.0 Å². The zero-order chi connectivity index (χ0) is 26.3. The molecule has 2 aliphatic heterocycles. The number of benzene rings is 1. The summed E-state index contributed by atoms with van der Waals surface area (Å²) >= 11 is 6.45. The number of anilines is 4. The highest BCUT2D eigenvalue weighted by molar-refractivity contribution is 6.33. The Hall–Kier alpha value is -3.18. The third kappa shape index (κ3) is 4.89. The Bertz CT molecular complexity index is 1210. The lowest BCUT2D eigenvalue weighted by atomic mass is 10.1. The molecule has 3 amide bonds. The molecule has 12 heteroatoms. The maximum atomic E-state index is 15.0. The van der Waals surface area contributed by atoms with Gasteiger partial charge in [0.05, 0.1) is 28.5 Å². The smallest absolute Gasteiger partial charge is 0.343 e. The number of aromatic nitrogens is 2. The predicted octanol–water partition coefficient (Wildman–Crippen LogP) is 4.00. The number of carbonyl (C=O) groups is 2. The second kappa shape index (κ2) is 10.3. The normalized spacial score (nSPS) is 20.5. The van der Waals surface area contributed by atoms with E-state index in [0.29, 0.717) is 18.1 Å². The summed E-state index contributed by atoms with van der Waals surface area (Å²) in [5.41, 5.74) is 0.743. The topological polar surface area (TPSA) is 96.9 Å². The number of hydrogen-bond acceptors (Lipinski definition) is 7. The second-order valence-corrected chi connectivity index (χ2v) is 10.3. The Morgan fingerprint density at radius 1 is 1.22 bits per heavy atom. The number of hydrogen-bond donors (Lipinski definition) is 2. The number of urea groups is 1. The zero-order valence-corrected chi connectivity index (χ0v) is 22.1. The zero-order valence-electron chi connectivity index (χ0n) is 21.3. The number of nitrogens with zero attached hydrogens (tertiary/aromatic N) is 6. The molecule has 0 spiro atoms. The summed E-state index contributed by atoms with van der Waals surface area (Å²) in [4.78, 5) is 38.4. The Kier molecular flexibility index (Phi) is 7.09. The predicted molar refractivity (Wildman–Crippen MR) is 141 cm³/mol. The van der Waals surface area contributed by atoms with E-state index in [1.807, 2.05) is 19.0 Å². The molecule has 10 nitrogen and oxygen atoms in total. The van der Waals surface area contributed by atoms with Gasteiger partial charge in [-0.25, -0.2) is 19.2 Å². The minimum atomic E-state index is -0.691. The minimum absolute atomic E-state index is 0.0205. The van der Waals surface area contributed by atoms with Crippen molar-refractivity contribution in [2.45, 2.75) is 51.1 Å². The van der Waals surface area contributed by atoms with Crippen LogP contribution in [0, 0.1) is 5.82 Å². The van der Waals surface area contributed by atoms with E-state index >= 15 is 0 Å². The Morgan fingerprint density at radius 3 is 2.65 bits per heavy atom. The van der Waals surface area contributed by atoms with Crippen LogP contribution >= 0.6 is 11.6 Å². The van der Waals surface area contributed by atoms with Gasteiger partial charge in [0, 0.05) is 26.2 Å². The van der Waals surface area contributed by atoms with Crippen LogP contribution in [0.15, 0.2) is 18.3 Å². The number of likely N-dealkylation sites (N-methyl/N-ethyl adjacent to an activating group) is 1. The Balaban J connectivity index is 1.40. The monoisotopic (exact) mass is 530 g/mol. The fourth-order valence-corrected chi connectivity index (χ4v) is 5.59. The van der Waals surface area contributed by atoms with E-state index in [9.17, 15) is 14.0 Å². The molecule has 0 radical (unpaired) electrons. The highest BCUT2D eigenvalue weighted by atomic mass is 35.5. The Morgan fingerprint density at radius 2 is 1.97 bits per heavy atom. The summed E-state index contributed by atoms with van der Waals surface area (Å²) in [7, 11) is 3.68. The van der Waals surface area contributed by atoms with Crippen LogP contribution in [-0.2, 0) is 0 Å². The molecule has 0 unspecified atom stereocenters. The summed E-state index contributed by atoms with van der Waals surface area (Å²) in [5.74, 6) is -0.352. The van der Waals surface area contributed by atoms with E-state index in [4.69, 9.17) is 16.6 Å². The van der Waals surface area contributed by atoms with Gasteiger partial charge in [-0.15, -0.1) is 0 Å². The molecule has 2 N–H and O–H groups in total. The molecular formula is C25H32ClFN8O2. The van der Waals surface area contributed by atoms with Crippen LogP contribution < -0.4 is 20.5 Å². The average molecular weight is 531 g/mol. The molecule has 1 atom stereocenters. The molecule has 1 saturated heterocycles. The van der Waals surface area contributed by atoms with E-state index in [2.05, 4.69) is 20.5 Å².